The second kappa shape index (κ2) is 9.32. The summed E-state index contributed by atoms with van der Waals surface area (Å²) in [5.41, 5.74) is 7.20. The van der Waals surface area contributed by atoms with Gasteiger partial charge in [-0.2, -0.15) is 5.26 Å². The molecule has 1 aliphatic rings. The Labute approximate surface area is 233 Å². The van der Waals surface area contributed by atoms with E-state index in [4.69, 9.17) is 9.47 Å². The monoisotopic (exact) mass is 551 g/mol. The minimum atomic E-state index is -3.88. The summed E-state index contributed by atoms with van der Waals surface area (Å²) in [4.78, 5) is 0.211. The number of hydrogen-bond donors (Lipinski definition) is 0. The van der Waals surface area contributed by atoms with Crippen LogP contribution in [-0.2, 0) is 16.4 Å². The van der Waals surface area contributed by atoms with Gasteiger partial charge in [0.25, 0.3) is 10.0 Å². The van der Waals surface area contributed by atoms with Crippen molar-refractivity contribution in [1.82, 2.24) is 8.54 Å². The van der Waals surface area contributed by atoms with E-state index in [1.54, 1.807) is 50.7 Å². The van der Waals surface area contributed by atoms with Gasteiger partial charge in [0, 0.05) is 40.0 Å². The lowest BCUT2D eigenvalue weighted by molar-refractivity contribution is 0.354. The number of nitriles is 1. The molecule has 0 fully saturated rings. The third-order valence-electron chi connectivity index (χ3n) is 7.91. The fraction of sp³-hybridized carbons (Fsp3) is 0.219. The van der Waals surface area contributed by atoms with Gasteiger partial charge < -0.3 is 14.0 Å². The number of rotatable bonds is 5. The van der Waals surface area contributed by atoms with Crippen molar-refractivity contribution in [2.45, 2.75) is 38.1 Å². The van der Waals surface area contributed by atoms with Crippen LogP contribution in [-0.4, -0.2) is 31.2 Å². The van der Waals surface area contributed by atoms with Crippen LogP contribution in [0.15, 0.2) is 71.8 Å². The number of hydrogen-bond acceptors (Lipinski definition) is 5. The molecule has 2 aromatic heterocycles. The van der Waals surface area contributed by atoms with Crippen molar-refractivity contribution in [3.63, 3.8) is 0 Å². The van der Waals surface area contributed by atoms with E-state index in [1.807, 2.05) is 44.2 Å². The van der Waals surface area contributed by atoms with E-state index in [0.29, 0.717) is 28.1 Å². The van der Waals surface area contributed by atoms with E-state index >= 15 is 0 Å². The number of benzene rings is 3. The first kappa shape index (κ1) is 25.8. The maximum absolute atomic E-state index is 13.9. The largest absolute Gasteiger partial charge is 0.493 e. The van der Waals surface area contributed by atoms with Crippen molar-refractivity contribution >= 4 is 20.9 Å². The van der Waals surface area contributed by atoms with Crippen LogP contribution in [0, 0.1) is 25.2 Å². The predicted molar refractivity (Wildman–Crippen MR) is 156 cm³/mol. The molecular weight excluding hydrogens is 522 g/mol. The first-order valence-electron chi connectivity index (χ1n) is 13.0. The van der Waals surface area contributed by atoms with Gasteiger partial charge in [0.2, 0.25) is 0 Å². The Balaban J connectivity index is 1.65. The lowest BCUT2D eigenvalue weighted by Crippen LogP contribution is -2.17. The zero-order valence-corrected chi connectivity index (χ0v) is 23.8. The van der Waals surface area contributed by atoms with Crippen LogP contribution in [0.5, 0.6) is 11.5 Å². The van der Waals surface area contributed by atoms with Crippen LogP contribution in [0.2, 0.25) is 0 Å². The van der Waals surface area contributed by atoms with Gasteiger partial charge in [0.05, 0.1) is 35.9 Å². The summed E-state index contributed by atoms with van der Waals surface area (Å²) < 4.78 is 42.4. The minimum Gasteiger partial charge on any atom is -0.493 e. The Kier molecular flexibility index (Phi) is 6.00. The van der Waals surface area contributed by atoms with Gasteiger partial charge in [0.15, 0.2) is 11.5 Å². The molecular formula is C32H29N3O4S. The normalized spacial score (nSPS) is 14.4. The molecule has 0 radical (unpaired) electrons. The molecule has 7 nitrogen and oxygen atoms in total. The summed E-state index contributed by atoms with van der Waals surface area (Å²) in [5.74, 6) is 1.24. The van der Waals surface area contributed by atoms with Crippen molar-refractivity contribution < 1.29 is 17.9 Å². The molecule has 0 saturated carbocycles. The molecule has 0 amide bonds. The van der Waals surface area contributed by atoms with Crippen LogP contribution < -0.4 is 9.47 Å². The summed E-state index contributed by atoms with van der Waals surface area (Å²) in [6.45, 7) is 6.06. The van der Waals surface area contributed by atoms with E-state index in [2.05, 4.69) is 17.6 Å². The van der Waals surface area contributed by atoms with Crippen molar-refractivity contribution in [3.8, 4) is 40.0 Å². The molecule has 0 spiro atoms. The van der Waals surface area contributed by atoms with Gasteiger partial charge >= 0.3 is 0 Å². The number of nitrogens with zero attached hydrogens (tertiary/aromatic N) is 3. The highest BCUT2D eigenvalue weighted by atomic mass is 32.2. The second-order valence-corrected chi connectivity index (χ2v) is 12.1. The van der Waals surface area contributed by atoms with Gasteiger partial charge in [-0.3, -0.25) is 0 Å². The lowest BCUT2D eigenvalue weighted by Gasteiger charge is -2.28. The van der Waals surface area contributed by atoms with Crippen LogP contribution in [0.25, 0.3) is 33.3 Å². The Morgan fingerprint density at radius 2 is 1.62 bits per heavy atom. The molecule has 1 atom stereocenters. The van der Waals surface area contributed by atoms with Crippen molar-refractivity contribution in [2.24, 2.45) is 0 Å². The van der Waals surface area contributed by atoms with Gasteiger partial charge in [-0.05, 0) is 63.1 Å². The van der Waals surface area contributed by atoms with Crippen LogP contribution in [0.1, 0.15) is 35.3 Å². The number of fused-ring (bicyclic) bond motifs is 4. The van der Waals surface area contributed by atoms with Gasteiger partial charge in [-0.15, -0.1) is 0 Å². The fourth-order valence-electron chi connectivity index (χ4n) is 6.05. The van der Waals surface area contributed by atoms with Crippen molar-refractivity contribution in [2.75, 3.05) is 14.2 Å². The second-order valence-electron chi connectivity index (χ2n) is 10.3. The summed E-state index contributed by atoms with van der Waals surface area (Å²) in [6.07, 6.45) is 2.42. The SMILES string of the molecule is COc1cc2c(cc1OC)-c1c(C#N)c(-c3cn(S(=O)(=O)c4ccc(C)cc4)c4ccccc34)c(C)n1C(C)C2. The number of para-hydroxylation sites is 1. The maximum atomic E-state index is 13.9. The summed E-state index contributed by atoms with van der Waals surface area (Å²) >= 11 is 0. The third-order valence-corrected chi connectivity index (χ3v) is 9.60. The van der Waals surface area contributed by atoms with Crippen molar-refractivity contribution in [1.29, 1.82) is 5.26 Å². The molecule has 1 unspecified atom stereocenters. The quantitative estimate of drug-likeness (QED) is 0.245. The average Bonchev–Trinajstić information content (AvgIpc) is 3.48. The molecule has 5 aromatic rings. The van der Waals surface area contributed by atoms with E-state index in [0.717, 1.165) is 45.4 Å². The Morgan fingerprint density at radius 3 is 2.30 bits per heavy atom. The standard InChI is InChI=1S/C32H29N3O4S/c1-19-10-12-23(13-11-19)40(36,37)34-18-27(24-8-6-7-9-28(24)34)31-21(3)35-20(2)14-22-15-29(38-4)30(39-5)16-25(22)32(35)26(31)17-33/h6-13,15-16,18,20H,14H2,1-5H3. The molecule has 3 aromatic carbocycles. The van der Waals surface area contributed by atoms with Crippen LogP contribution in [0.4, 0.5) is 0 Å². The van der Waals surface area contributed by atoms with Gasteiger partial charge in [-0.25, -0.2) is 12.4 Å². The highest BCUT2D eigenvalue weighted by Gasteiger charge is 2.33. The van der Waals surface area contributed by atoms with Gasteiger partial charge in [-0.1, -0.05) is 35.9 Å². The maximum Gasteiger partial charge on any atom is 0.268 e. The summed E-state index contributed by atoms with van der Waals surface area (Å²) in [6, 6.07) is 20.7. The molecule has 0 saturated heterocycles. The Hall–Kier alpha value is -4.48. The van der Waals surface area contributed by atoms with Crippen molar-refractivity contribution in [3.05, 3.63) is 89.2 Å². The number of methoxy groups -OCH3 is 2. The number of aromatic nitrogens is 2. The Morgan fingerprint density at radius 1 is 0.950 bits per heavy atom. The zero-order chi connectivity index (χ0) is 28.3. The topological polar surface area (TPSA) is 86.2 Å². The molecule has 0 bridgehead atoms. The van der Waals surface area contributed by atoms with E-state index in [1.165, 1.54) is 3.97 Å². The van der Waals surface area contributed by atoms with E-state index in [9.17, 15) is 13.7 Å². The molecule has 6 rings (SSSR count). The molecule has 8 heteroatoms. The molecule has 40 heavy (non-hydrogen) atoms. The van der Waals surface area contributed by atoms with E-state index in [-0.39, 0.29) is 10.9 Å². The number of ether oxygens (including phenoxy) is 2. The average molecular weight is 552 g/mol. The molecule has 202 valence electrons. The van der Waals surface area contributed by atoms with Crippen LogP contribution >= 0.6 is 0 Å². The van der Waals surface area contributed by atoms with Gasteiger partial charge in [0.1, 0.15) is 6.07 Å². The predicted octanol–water partition coefficient (Wildman–Crippen LogP) is 6.64. The summed E-state index contributed by atoms with van der Waals surface area (Å²) in [5, 5.41) is 11.4. The zero-order valence-electron chi connectivity index (χ0n) is 23.0. The Bertz CT molecular complexity index is 1960. The minimum absolute atomic E-state index is 0.0751. The first-order chi connectivity index (χ1) is 19.2. The molecule has 3 heterocycles. The van der Waals surface area contributed by atoms with E-state index < -0.39 is 10.0 Å². The molecule has 0 aliphatic carbocycles. The first-order valence-corrected chi connectivity index (χ1v) is 14.5. The summed E-state index contributed by atoms with van der Waals surface area (Å²) in [7, 11) is -0.673. The third kappa shape index (κ3) is 3.65. The molecule has 0 N–H and O–H groups in total. The molecule has 1 aliphatic heterocycles. The highest BCUT2D eigenvalue weighted by Crippen LogP contribution is 2.48. The number of aryl methyl sites for hydroxylation is 1. The van der Waals surface area contributed by atoms with Crippen LogP contribution in [0.3, 0.4) is 0 Å². The highest BCUT2D eigenvalue weighted by molar-refractivity contribution is 7.90. The smallest absolute Gasteiger partial charge is 0.268 e. The lowest BCUT2D eigenvalue weighted by atomic mass is 9.91. The fourth-order valence-corrected chi connectivity index (χ4v) is 7.42.